The van der Waals surface area contributed by atoms with Crippen molar-refractivity contribution in [1.29, 1.82) is 0 Å². The van der Waals surface area contributed by atoms with Crippen LogP contribution < -0.4 is 10.1 Å². The van der Waals surface area contributed by atoms with Crippen molar-refractivity contribution in [3.63, 3.8) is 0 Å². The lowest BCUT2D eigenvalue weighted by Crippen LogP contribution is -2.23. The fraction of sp³-hybridized carbons (Fsp3) is 0.353. The van der Waals surface area contributed by atoms with E-state index < -0.39 is 10.0 Å². The first kappa shape index (κ1) is 20.8. The molecule has 0 aliphatic heterocycles. The molecule has 1 amide bonds. The van der Waals surface area contributed by atoms with E-state index >= 15 is 0 Å². The summed E-state index contributed by atoms with van der Waals surface area (Å²) in [6, 6.07) is 8.64. The summed E-state index contributed by atoms with van der Waals surface area (Å²) in [5.41, 5.74) is 0.426. The molecule has 0 saturated carbocycles. The van der Waals surface area contributed by atoms with E-state index in [2.05, 4.69) is 5.32 Å². The van der Waals surface area contributed by atoms with Gasteiger partial charge in [0.1, 0.15) is 10.6 Å². The largest absolute Gasteiger partial charge is 0.492 e. The average Bonchev–Trinajstić information content (AvgIpc) is 3.09. The summed E-state index contributed by atoms with van der Waals surface area (Å²) in [6.45, 7) is 2.13. The number of amides is 1. The standard InChI is InChI=1S/C17H22N2O4S3/c1-4-23-15-8-7-13(10-16(15)26(21,22)19(2)3)18-17(20)12-24-11-14-6-5-9-25-14/h5-10H,4,11-12H2,1-3H3,(H,18,20). The molecular formula is C17H22N2O4S3. The van der Waals surface area contributed by atoms with Gasteiger partial charge in [-0.15, -0.1) is 23.1 Å². The number of hydrogen-bond donors (Lipinski definition) is 1. The number of rotatable bonds is 9. The topological polar surface area (TPSA) is 75.7 Å². The monoisotopic (exact) mass is 414 g/mol. The van der Waals surface area contributed by atoms with Crippen LogP contribution in [0.5, 0.6) is 5.75 Å². The van der Waals surface area contributed by atoms with Crippen LogP contribution in [0.1, 0.15) is 11.8 Å². The van der Waals surface area contributed by atoms with Gasteiger partial charge >= 0.3 is 0 Å². The molecule has 1 heterocycles. The Bertz CT molecular complexity index is 834. The maximum atomic E-state index is 12.5. The van der Waals surface area contributed by atoms with Crippen molar-refractivity contribution in [2.24, 2.45) is 0 Å². The van der Waals surface area contributed by atoms with Gasteiger partial charge in [-0.1, -0.05) is 6.07 Å². The Morgan fingerprint density at radius 1 is 1.31 bits per heavy atom. The molecule has 2 rings (SSSR count). The Morgan fingerprint density at radius 2 is 2.08 bits per heavy atom. The number of hydrogen-bond acceptors (Lipinski definition) is 6. The van der Waals surface area contributed by atoms with Crippen molar-refractivity contribution in [3.05, 3.63) is 40.6 Å². The van der Waals surface area contributed by atoms with Crippen molar-refractivity contribution in [1.82, 2.24) is 4.31 Å². The summed E-state index contributed by atoms with van der Waals surface area (Å²) in [7, 11) is -0.770. The minimum absolute atomic E-state index is 0.0355. The van der Waals surface area contributed by atoms with E-state index in [4.69, 9.17) is 4.74 Å². The van der Waals surface area contributed by atoms with Crippen LogP contribution in [0.15, 0.2) is 40.6 Å². The van der Waals surface area contributed by atoms with Crippen molar-refractivity contribution >= 4 is 44.7 Å². The third-order valence-electron chi connectivity index (χ3n) is 3.34. The van der Waals surface area contributed by atoms with Crippen LogP contribution in [0.2, 0.25) is 0 Å². The van der Waals surface area contributed by atoms with Crippen LogP contribution in [0.3, 0.4) is 0 Å². The molecule has 0 aliphatic carbocycles. The molecule has 0 atom stereocenters. The van der Waals surface area contributed by atoms with Crippen LogP contribution in [0, 0.1) is 0 Å². The number of nitrogens with one attached hydrogen (secondary N) is 1. The lowest BCUT2D eigenvalue weighted by Gasteiger charge is -2.16. The van der Waals surface area contributed by atoms with Gasteiger partial charge in [0.15, 0.2) is 0 Å². The number of sulfonamides is 1. The summed E-state index contributed by atoms with van der Waals surface area (Å²) in [5, 5.41) is 4.75. The molecule has 9 heteroatoms. The lowest BCUT2D eigenvalue weighted by atomic mass is 10.3. The van der Waals surface area contributed by atoms with Gasteiger partial charge in [0.25, 0.3) is 0 Å². The van der Waals surface area contributed by atoms with E-state index in [0.29, 0.717) is 18.0 Å². The average molecular weight is 415 g/mol. The highest BCUT2D eigenvalue weighted by Crippen LogP contribution is 2.29. The normalized spacial score (nSPS) is 11.5. The second-order valence-corrected chi connectivity index (χ2v) is 9.64. The summed E-state index contributed by atoms with van der Waals surface area (Å²) in [4.78, 5) is 13.4. The summed E-state index contributed by atoms with van der Waals surface area (Å²) in [5.74, 6) is 1.16. The SMILES string of the molecule is CCOc1ccc(NC(=O)CSCc2cccs2)cc1S(=O)(=O)N(C)C. The predicted octanol–water partition coefficient (Wildman–Crippen LogP) is 3.27. The molecule has 6 nitrogen and oxygen atoms in total. The Kier molecular flexibility index (Phi) is 7.51. The van der Waals surface area contributed by atoms with E-state index in [1.54, 1.807) is 30.4 Å². The zero-order chi connectivity index (χ0) is 19.2. The van der Waals surface area contributed by atoms with E-state index in [-0.39, 0.29) is 16.6 Å². The van der Waals surface area contributed by atoms with Crippen molar-refractivity contribution in [3.8, 4) is 5.75 Å². The fourth-order valence-electron chi connectivity index (χ4n) is 2.09. The maximum Gasteiger partial charge on any atom is 0.246 e. The second kappa shape index (κ2) is 9.40. The Balaban J connectivity index is 2.08. The summed E-state index contributed by atoms with van der Waals surface area (Å²) < 4.78 is 31.5. The Hall–Kier alpha value is -1.55. The van der Waals surface area contributed by atoms with Crippen LogP contribution >= 0.6 is 23.1 Å². The first-order chi connectivity index (χ1) is 12.3. The Morgan fingerprint density at radius 3 is 2.69 bits per heavy atom. The predicted molar refractivity (Wildman–Crippen MR) is 108 cm³/mol. The minimum Gasteiger partial charge on any atom is -0.492 e. The van der Waals surface area contributed by atoms with Crippen LogP contribution in [-0.4, -0.2) is 45.1 Å². The third-order valence-corrected chi connectivity index (χ3v) is 7.22. The van der Waals surface area contributed by atoms with Gasteiger partial charge in [0.05, 0.1) is 12.4 Å². The van der Waals surface area contributed by atoms with E-state index in [9.17, 15) is 13.2 Å². The number of carbonyl (C=O) groups is 1. The van der Waals surface area contributed by atoms with E-state index in [1.807, 2.05) is 17.5 Å². The summed E-state index contributed by atoms with van der Waals surface area (Å²) in [6.07, 6.45) is 0. The number of benzene rings is 1. The molecular weight excluding hydrogens is 392 g/mol. The van der Waals surface area contributed by atoms with Gasteiger partial charge < -0.3 is 10.1 Å². The number of carbonyl (C=O) groups excluding carboxylic acids is 1. The Labute approximate surface area is 162 Å². The zero-order valence-electron chi connectivity index (χ0n) is 14.9. The van der Waals surface area contributed by atoms with Crippen LogP contribution in [0.4, 0.5) is 5.69 Å². The molecule has 0 radical (unpaired) electrons. The third kappa shape index (κ3) is 5.47. The molecule has 1 N–H and O–H groups in total. The molecule has 0 fully saturated rings. The molecule has 26 heavy (non-hydrogen) atoms. The molecule has 0 spiro atoms. The highest BCUT2D eigenvalue weighted by atomic mass is 32.2. The van der Waals surface area contributed by atoms with Gasteiger partial charge in [-0.05, 0) is 36.6 Å². The van der Waals surface area contributed by atoms with Crippen molar-refractivity contribution in [2.45, 2.75) is 17.6 Å². The number of thioether (sulfide) groups is 1. The molecule has 0 aliphatic rings. The molecule has 1 aromatic carbocycles. The van der Waals surface area contributed by atoms with Gasteiger partial charge in [0.2, 0.25) is 15.9 Å². The van der Waals surface area contributed by atoms with Crippen LogP contribution in [0.25, 0.3) is 0 Å². The van der Waals surface area contributed by atoms with Gasteiger partial charge in [-0.2, -0.15) is 0 Å². The number of anilines is 1. The maximum absolute atomic E-state index is 12.5. The number of ether oxygens (including phenoxy) is 1. The fourth-order valence-corrected chi connectivity index (χ4v) is 4.81. The molecule has 0 bridgehead atoms. The molecule has 1 aromatic heterocycles. The van der Waals surface area contributed by atoms with E-state index in [1.165, 1.54) is 36.8 Å². The number of thiophene rings is 1. The van der Waals surface area contributed by atoms with Gasteiger partial charge in [0, 0.05) is 30.4 Å². The zero-order valence-corrected chi connectivity index (χ0v) is 17.3. The quantitative estimate of drug-likeness (QED) is 0.682. The lowest BCUT2D eigenvalue weighted by molar-refractivity contribution is -0.113. The highest BCUT2D eigenvalue weighted by Gasteiger charge is 2.23. The molecule has 0 saturated heterocycles. The van der Waals surface area contributed by atoms with Crippen LogP contribution in [-0.2, 0) is 20.6 Å². The smallest absolute Gasteiger partial charge is 0.246 e. The second-order valence-electron chi connectivity index (χ2n) is 5.50. The molecule has 0 unspecified atom stereocenters. The first-order valence-electron chi connectivity index (χ1n) is 7.94. The first-order valence-corrected chi connectivity index (χ1v) is 11.4. The summed E-state index contributed by atoms with van der Waals surface area (Å²) >= 11 is 3.17. The molecule has 2 aromatic rings. The minimum atomic E-state index is -3.68. The van der Waals surface area contributed by atoms with Gasteiger partial charge in [-0.3, -0.25) is 4.79 Å². The number of nitrogens with zero attached hydrogens (tertiary/aromatic N) is 1. The van der Waals surface area contributed by atoms with E-state index in [0.717, 1.165) is 10.1 Å². The van der Waals surface area contributed by atoms with Crippen molar-refractivity contribution < 1.29 is 17.9 Å². The molecule has 142 valence electrons. The van der Waals surface area contributed by atoms with Crippen molar-refractivity contribution in [2.75, 3.05) is 31.8 Å². The van der Waals surface area contributed by atoms with Gasteiger partial charge in [-0.25, -0.2) is 12.7 Å². The highest BCUT2D eigenvalue weighted by molar-refractivity contribution is 7.99.